The van der Waals surface area contributed by atoms with Gasteiger partial charge in [-0.1, -0.05) is 11.6 Å². The molecule has 0 aliphatic heterocycles. The molecule has 86 valence electrons. The maximum atomic E-state index is 13.2. The van der Waals surface area contributed by atoms with Crippen molar-refractivity contribution >= 4 is 17.6 Å². The molecule has 17 heavy (non-hydrogen) atoms. The average molecular weight is 253 g/mol. The topological polar surface area (TPSA) is 63.1 Å². The minimum Gasteiger partial charge on any atom is -0.478 e. The first kappa shape index (κ1) is 11.5. The number of halogens is 2. The molecule has 0 saturated carbocycles. The number of carboxylic acid groups (broad SMARTS) is 1. The van der Waals surface area contributed by atoms with Crippen molar-refractivity contribution in [2.45, 2.75) is 0 Å². The van der Waals surface area contributed by atoms with Gasteiger partial charge in [-0.25, -0.2) is 19.2 Å². The zero-order valence-corrected chi connectivity index (χ0v) is 9.15. The molecule has 2 aromatic rings. The molecule has 0 atom stereocenters. The maximum Gasteiger partial charge on any atom is 0.335 e. The number of benzene rings is 1. The van der Waals surface area contributed by atoms with Crippen molar-refractivity contribution in [1.29, 1.82) is 0 Å². The Labute approximate surface area is 101 Å². The van der Waals surface area contributed by atoms with E-state index in [1.807, 2.05) is 0 Å². The number of carbonyl (C=O) groups is 1. The highest BCUT2D eigenvalue weighted by Crippen LogP contribution is 2.21. The van der Waals surface area contributed by atoms with Gasteiger partial charge in [0, 0.05) is 11.6 Å². The molecule has 1 aromatic heterocycles. The van der Waals surface area contributed by atoms with E-state index in [9.17, 15) is 9.18 Å². The summed E-state index contributed by atoms with van der Waals surface area (Å²) in [6, 6.07) is 4.88. The van der Waals surface area contributed by atoms with Crippen LogP contribution in [0.1, 0.15) is 10.4 Å². The average Bonchev–Trinajstić information content (AvgIpc) is 2.28. The minimum absolute atomic E-state index is 0.144. The molecule has 0 radical (unpaired) electrons. The molecular formula is C11H6ClFN2O2. The van der Waals surface area contributed by atoms with Crippen LogP contribution in [0.4, 0.5) is 4.39 Å². The van der Waals surface area contributed by atoms with Gasteiger partial charge in [0.05, 0.1) is 11.3 Å². The van der Waals surface area contributed by atoms with Crippen LogP contribution in [0.15, 0.2) is 30.6 Å². The summed E-state index contributed by atoms with van der Waals surface area (Å²) in [7, 11) is 0. The molecule has 2 rings (SSSR count). The van der Waals surface area contributed by atoms with Crippen LogP contribution in [0.5, 0.6) is 0 Å². The first-order chi connectivity index (χ1) is 8.06. The van der Waals surface area contributed by atoms with Gasteiger partial charge < -0.3 is 5.11 Å². The highest BCUT2D eigenvalue weighted by atomic mass is 35.5. The molecule has 0 saturated heterocycles. The van der Waals surface area contributed by atoms with Crippen LogP contribution in [0.2, 0.25) is 5.15 Å². The van der Waals surface area contributed by atoms with Gasteiger partial charge in [0.2, 0.25) is 0 Å². The van der Waals surface area contributed by atoms with Crippen LogP contribution >= 0.6 is 11.6 Å². The lowest BCUT2D eigenvalue weighted by atomic mass is 10.1. The fraction of sp³-hybridized carbons (Fsp3) is 0. The highest BCUT2D eigenvalue weighted by molar-refractivity contribution is 6.29. The van der Waals surface area contributed by atoms with E-state index < -0.39 is 11.8 Å². The molecule has 0 amide bonds. The van der Waals surface area contributed by atoms with Gasteiger partial charge in [0.15, 0.2) is 0 Å². The van der Waals surface area contributed by atoms with Crippen molar-refractivity contribution in [1.82, 2.24) is 9.97 Å². The van der Waals surface area contributed by atoms with Crippen molar-refractivity contribution in [3.8, 4) is 11.3 Å². The van der Waals surface area contributed by atoms with Crippen LogP contribution in [0, 0.1) is 5.82 Å². The van der Waals surface area contributed by atoms with E-state index in [4.69, 9.17) is 16.7 Å². The van der Waals surface area contributed by atoms with E-state index in [1.54, 1.807) is 0 Å². The lowest BCUT2D eigenvalue weighted by Gasteiger charge is -2.03. The van der Waals surface area contributed by atoms with Gasteiger partial charge >= 0.3 is 5.97 Å². The molecule has 0 aliphatic carbocycles. The molecule has 0 fully saturated rings. The predicted molar refractivity (Wildman–Crippen MR) is 59.4 cm³/mol. The molecule has 0 bridgehead atoms. The van der Waals surface area contributed by atoms with Crippen molar-refractivity contribution in [3.05, 3.63) is 47.1 Å². The quantitative estimate of drug-likeness (QED) is 0.835. The third-order valence-electron chi connectivity index (χ3n) is 2.07. The second-order valence-electron chi connectivity index (χ2n) is 3.26. The summed E-state index contributed by atoms with van der Waals surface area (Å²) in [5.74, 6) is -1.85. The Balaban J connectivity index is 2.56. The SMILES string of the molecule is O=C(O)c1cc(F)cc(-c2cc(Cl)ncn2)c1. The summed E-state index contributed by atoms with van der Waals surface area (Å²) in [4.78, 5) is 18.4. The zero-order chi connectivity index (χ0) is 12.4. The monoisotopic (exact) mass is 252 g/mol. The molecule has 4 nitrogen and oxygen atoms in total. The van der Waals surface area contributed by atoms with Crippen molar-refractivity contribution < 1.29 is 14.3 Å². The number of aromatic nitrogens is 2. The van der Waals surface area contributed by atoms with Crippen LogP contribution in [-0.2, 0) is 0 Å². The Morgan fingerprint density at radius 1 is 1.24 bits per heavy atom. The summed E-state index contributed by atoms with van der Waals surface area (Å²) in [5.41, 5.74) is 0.563. The zero-order valence-electron chi connectivity index (χ0n) is 8.39. The third-order valence-corrected chi connectivity index (χ3v) is 2.28. The smallest absolute Gasteiger partial charge is 0.335 e. The van der Waals surface area contributed by atoms with Gasteiger partial charge in [-0.15, -0.1) is 0 Å². The van der Waals surface area contributed by atoms with Crippen molar-refractivity contribution in [3.63, 3.8) is 0 Å². The second-order valence-corrected chi connectivity index (χ2v) is 3.65. The first-order valence-electron chi connectivity index (χ1n) is 4.58. The maximum absolute atomic E-state index is 13.2. The van der Waals surface area contributed by atoms with Gasteiger partial charge in [-0.3, -0.25) is 0 Å². The summed E-state index contributed by atoms with van der Waals surface area (Å²) >= 11 is 5.68. The number of aromatic carboxylic acids is 1. The molecule has 6 heteroatoms. The molecule has 1 heterocycles. The van der Waals surface area contributed by atoms with E-state index >= 15 is 0 Å². The normalized spacial score (nSPS) is 10.2. The first-order valence-corrected chi connectivity index (χ1v) is 4.96. The van der Waals surface area contributed by atoms with Gasteiger partial charge in [-0.2, -0.15) is 0 Å². The Kier molecular flexibility index (Phi) is 3.01. The van der Waals surface area contributed by atoms with E-state index in [1.165, 1.54) is 24.5 Å². The Morgan fingerprint density at radius 2 is 2.00 bits per heavy atom. The van der Waals surface area contributed by atoms with Gasteiger partial charge in [0.25, 0.3) is 0 Å². The lowest BCUT2D eigenvalue weighted by molar-refractivity contribution is 0.0696. The summed E-state index contributed by atoms with van der Waals surface area (Å²) in [6.07, 6.45) is 1.23. The largest absolute Gasteiger partial charge is 0.478 e. The molecule has 1 aromatic carbocycles. The number of hydrogen-bond donors (Lipinski definition) is 1. The molecule has 0 aliphatic rings. The molecule has 1 N–H and O–H groups in total. The number of rotatable bonds is 2. The second kappa shape index (κ2) is 4.47. The predicted octanol–water partition coefficient (Wildman–Crippen LogP) is 2.63. The third kappa shape index (κ3) is 2.57. The summed E-state index contributed by atoms with van der Waals surface area (Å²) < 4.78 is 13.2. The van der Waals surface area contributed by atoms with Crippen LogP contribution in [0.3, 0.4) is 0 Å². The lowest BCUT2D eigenvalue weighted by Crippen LogP contribution is -1.98. The van der Waals surface area contributed by atoms with Crippen LogP contribution in [0.25, 0.3) is 11.3 Å². The number of hydrogen-bond acceptors (Lipinski definition) is 3. The van der Waals surface area contributed by atoms with E-state index in [0.29, 0.717) is 11.3 Å². The van der Waals surface area contributed by atoms with Gasteiger partial charge in [-0.05, 0) is 18.2 Å². The van der Waals surface area contributed by atoms with Gasteiger partial charge in [0.1, 0.15) is 17.3 Å². The molecule has 0 spiro atoms. The standard InChI is InChI=1S/C11H6ClFN2O2/c12-10-4-9(14-5-15-10)6-1-7(11(16)17)3-8(13)2-6/h1-5H,(H,16,17). The van der Waals surface area contributed by atoms with Crippen LogP contribution in [-0.4, -0.2) is 21.0 Å². The molecular weight excluding hydrogens is 247 g/mol. The fourth-order valence-corrected chi connectivity index (χ4v) is 1.50. The van der Waals surface area contributed by atoms with Crippen molar-refractivity contribution in [2.24, 2.45) is 0 Å². The minimum atomic E-state index is -1.20. The van der Waals surface area contributed by atoms with E-state index in [0.717, 1.165) is 6.07 Å². The Morgan fingerprint density at radius 3 is 2.65 bits per heavy atom. The fourth-order valence-electron chi connectivity index (χ4n) is 1.35. The Bertz CT molecular complexity index is 589. The van der Waals surface area contributed by atoms with E-state index in [-0.39, 0.29) is 10.7 Å². The van der Waals surface area contributed by atoms with E-state index in [2.05, 4.69) is 9.97 Å². The van der Waals surface area contributed by atoms with Crippen LogP contribution < -0.4 is 0 Å². The summed E-state index contributed by atoms with van der Waals surface area (Å²) in [6.45, 7) is 0. The summed E-state index contributed by atoms with van der Waals surface area (Å²) in [5, 5.41) is 9.01. The molecule has 0 unspecified atom stereocenters. The van der Waals surface area contributed by atoms with Crippen molar-refractivity contribution in [2.75, 3.05) is 0 Å². The Hall–Kier alpha value is -2.01. The number of nitrogens with zero attached hydrogens (tertiary/aromatic N) is 2. The highest BCUT2D eigenvalue weighted by Gasteiger charge is 2.09. The number of carboxylic acids is 1.